The highest BCUT2D eigenvalue weighted by molar-refractivity contribution is 6.00. The van der Waals surface area contributed by atoms with E-state index in [1.807, 2.05) is 62.2 Å². The van der Waals surface area contributed by atoms with Gasteiger partial charge in [-0.2, -0.15) is 5.10 Å². The zero-order chi connectivity index (χ0) is 19.1. The third-order valence-corrected chi connectivity index (χ3v) is 4.88. The van der Waals surface area contributed by atoms with Gasteiger partial charge in [0.1, 0.15) is 0 Å². The van der Waals surface area contributed by atoms with E-state index in [9.17, 15) is 4.79 Å². The molecule has 1 N–H and O–H groups in total. The summed E-state index contributed by atoms with van der Waals surface area (Å²) in [6.45, 7) is 0. The van der Waals surface area contributed by atoms with Crippen molar-refractivity contribution in [1.29, 1.82) is 0 Å². The monoisotopic (exact) mass is 367 g/mol. The number of hydrogen-bond acceptors (Lipinski definition) is 4. The van der Waals surface area contributed by atoms with Crippen LogP contribution in [0.25, 0.3) is 32.9 Å². The Bertz CT molecular complexity index is 1330. The second kappa shape index (κ2) is 6.42. The predicted molar refractivity (Wildman–Crippen MR) is 108 cm³/mol. The Morgan fingerprint density at radius 1 is 1.00 bits per heavy atom. The fourth-order valence-electron chi connectivity index (χ4n) is 3.39. The van der Waals surface area contributed by atoms with Gasteiger partial charge in [0.2, 0.25) is 0 Å². The number of hydrogen-bond donors (Lipinski definition) is 1. The molecule has 0 saturated heterocycles. The lowest BCUT2D eigenvalue weighted by Crippen LogP contribution is -2.05. The molecule has 0 spiro atoms. The molecule has 0 bridgehead atoms. The number of nitrogens with zero attached hydrogens (tertiary/aromatic N) is 4. The van der Waals surface area contributed by atoms with Crippen LogP contribution in [0.5, 0.6) is 0 Å². The molecule has 5 rings (SSSR count). The Hall–Kier alpha value is -3.80. The molecule has 0 fully saturated rings. The van der Waals surface area contributed by atoms with Gasteiger partial charge in [-0.05, 0) is 36.4 Å². The zero-order valence-corrected chi connectivity index (χ0v) is 15.3. The van der Waals surface area contributed by atoms with Crippen LogP contribution in [0.1, 0.15) is 16.1 Å². The van der Waals surface area contributed by atoms with Crippen LogP contribution in [0, 0.1) is 0 Å². The summed E-state index contributed by atoms with van der Waals surface area (Å²) >= 11 is 0. The Kier molecular flexibility index (Phi) is 3.76. The van der Waals surface area contributed by atoms with E-state index >= 15 is 0 Å². The number of Topliss-reactive ketones (excluding diaryl/α,β-unsaturated/α-hetero) is 1. The Morgan fingerprint density at radius 2 is 1.93 bits per heavy atom. The molecule has 0 aliphatic rings. The van der Waals surface area contributed by atoms with Crippen LogP contribution in [-0.4, -0.2) is 30.5 Å². The number of carbonyl (C=O) groups excluding carboxylic acids is 1. The lowest BCUT2D eigenvalue weighted by atomic mass is 10.0. The Labute approximate surface area is 160 Å². The third kappa shape index (κ3) is 2.95. The lowest BCUT2D eigenvalue weighted by Gasteiger charge is -2.05. The summed E-state index contributed by atoms with van der Waals surface area (Å²) in [7, 11) is 1.89. The van der Waals surface area contributed by atoms with Crippen LogP contribution in [0.15, 0.2) is 67.4 Å². The van der Waals surface area contributed by atoms with E-state index in [0.29, 0.717) is 5.56 Å². The first-order chi connectivity index (χ1) is 13.7. The summed E-state index contributed by atoms with van der Waals surface area (Å²) in [4.78, 5) is 24.8. The molecule has 0 atom stereocenters. The second-order valence-corrected chi connectivity index (χ2v) is 6.87. The van der Waals surface area contributed by atoms with Crippen molar-refractivity contribution < 1.29 is 4.79 Å². The number of aromatic amines is 1. The molecule has 0 unspecified atom stereocenters. The number of aromatic nitrogens is 5. The molecule has 4 aromatic heterocycles. The van der Waals surface area contributed by atoms with Gasteiger partial charge in [0.25, 0.3) is 0 Å². The summed E-state index contributed by atoms with van der Waals surface area (Å²) in [5.41, 5.74) is 5.24. The first kappa shape index (κ1) is 16.4. The van der Waals surface area contributed by atoms with Crippen LogP contribution >= 0.6 is 0 Å². The van der Waals surface area contributed by atoms with Crippen LogP contribution in [0.2, 0.25) is 0 Å². The van der Waals surface area contributed by atoms with Crippen molar-refractivity contribution in [3.8, 4) is 11.1 Å². The zero-order valence-electron chi connectivity index (χ0n) is 15.3. The minimum atomic E-state index is 0.0475. The molecule has 6 heteroatoms. The van der Waals surface area contributed by atoms with Gasteiger partial charge in [-0.25, -0.2) is 0 Å². The van der Waals surface area contributed by atoms with Crippen molar-refractivity contribution in [1.82, 2.24) is 24.7 Å². The van der Waals surface area contributed by atoms with E-state index in [4.69, 9.17) is 0 Å². The summed E-state index contributed by atoms with van der Waals surface area (Å²) in [6.07, 6.45) is 9.43. The van der Waals surface area contributed by atoms with Gasteiger partial charge in [0, 0.05) is 64.3 Å². The normalized spacial score (nSPS) is 11.3. The quantitative estimate of drug-likeness (QED) is 0.488. The number of aryl methyl sites for hydroxylation is 1. The molecular weight excluding hydrogens is 350 g/mol. The van der Waals surface area contributed by atoms with Crippen LogP contribution in [0.3, 0.4) is 0 Å². The van der Waals surface area contributed by atoms with E-state index < -0.39 is 0 Å². The van der Waals surface area contributed by atoms with Gasteiger partial charge < -0.3 is 4.98 Å². The van der Waals surface area contributed by atoms with Crippen molar-refractivity contribution in [2.45, 2.75) is 6.42 Å². The SMILES string of the molecule is Cn1cc(-c2cnc3cnc(CC(=O)c4ccc5[nH]ccc5c4)cc3c2)cn1. The van der Waals surface area contributed by atoms with Gasteiger partial charge in [-0.15, -0.1) is 0 Å². The molecule has 6 nitrogen and oxygen atoms in total. The third-order valence-electron chi connectivity index (χ3n) is 4.88. The molecule has 0 amide bonds. The highest BCUT2D eigenvalue weighted by Crippen LogP contribution is 2.23. The van der Waals surface area contributed by atoms with Gasteiger partial charge in [-0.3, -0.25) is 19.4 Å². The maximum absolute atomic E-state index is 12.7. The fourth-order valence-corrected chi connectivity index (χ4v) is 3.39. The first-order valence-electron chi connectivity index (χ1n) is 9.00. The summed E-state index contributed by atoms with van der Waals surface area (Å²) < 4.78 is 1.76. The molecule has 0 aliphatic carbocycles. The molecule has 136 valence electrons. The van der Waals surface area contributed by atoms with E-state index in [0.717, 1.165) is 38.6 Å². The number of H-pyrrole nitrogens is 1. The largest absolute Gasteiger partial charge is 0.361 e. The molecule has 4 heterocycles. The van der Waals surface area contributed by atoms with Gasteiger partial charge >= 0.3 is 0 Å². The average molecular weight is 367 g/mol. The van der Waals surface area contributed by atoms with E-state index in [-0.39, 0.29) is 12.2 Å². The molecule has 1 aromatic carbocycles. The molecule has 0 saturated carbocycles. The van der Waals surface area contributed by atoms with Crippen LogP contribution in [-0.2, 0) is 13.5 Å². The van der Waals surface area contributed by atoms with Crippen molar-refractivity contribution in [2.75, 3.05) is 0 Å². The summed E-state index contributed by atoms with van der Waals surface area (Å²) in [6, 6.07) is 11.7. The van der Waals surface area contributed by atoms with Crippen molar-refractivity contribution >= 4 is 27.6 Å². The van der Waals surface area contributed by atoms with Gasteiger partial charge in [0.05, 0.1) is 24.3 Å². The van der Waals surface area contributed by atoms with Gasteiger partial charge in [-0.1, -0.05) is 0 Å². The van der Waals surface area contributed by atoms with Gasteiger partial charge in [0.15, 0.2) is 5.78 Å². The fraction of sp³-hybridized carbons (Fsp3) is 0.0909. The number of pyridine rings is 2. The predicted octanol–water partition coefficient (Wildman–Crippen LogP) is 3.94. The van der Waals surface area contributed by atoms with Crippen LogP contribution < -0.4 is 0 Å². The topological polar surface area (TPSA) is 76.5 Å². The molecule has 0 radical (unpaired) electrons. The number of nitrogens with one attached hydrogen (secondary N) is 1. The van der Waals surface area contributed by atoms with E-state index in [2.05, 4.69) is 26.1 Å². The number of fused-ring (bicyclic) bond motifs is 2. The lowest BCUT2D eigenvalue weighted by molar-refractivity contribution is 0.0992. The number of ketones is 1. The van der Waals surface area contributed by atoms with Crippen molar-refractivity contribution in [3.05, 3.63) is 78.6 Å². The van der Waals surface area contributed by atoms with Crippen molar-refractivity contribution in [3.63, 3.8) is 0 Å². The second-order valence-electron chi connectivity index (χ2n) is 6.87. The molecule has 0 aliphatic heterocycles. The first-order valence-corrected chi connectivity index (χ1v) is 9.00. The van der Waals surface area contributed by atoms with Crippen molar-refractivity contribution in [2.24, 2.45) is 7.05 Å². The van der Waals surface area contributed by atoms with E-state index in [1.165, 1.54) is 0 Å². The molecule has 5 aromatic rings. The number of benzene rings is 1. The number of rotatable bonds is 4. The minimum Gasteiger partial charge on any atom is -0.361 e. The average Bonchev–Trinajstić information content (AvgIpc) is 3.35. The molecular formula is C22H17N5O. The molecule has 28 heavy (non-hydrogen) atoms. The van der Waals surface area contributed by atoms with Crippen LogP contribution in [0.4, 0.5) is 0 Å². The maximum atomic E-state index is 12.7. The number of carbonyl (C=O) groups is 1. The Morgan fingerprint density at radius 3 is 2.79 bits per heavy atom. The highest BCUT2D eigenvalue weighted by atomic mass is 16.1. The standard InChI is InChI=1S/C22H17N5O/c1-27-13-18(11-26-27)17-7-16-8-19(24-12-21(16)25-10-17)9-22(28)15-2-3-20-14(6-15)4-5-23-20/h2-8,10-13,23H,9H2,1H3. The maximum Gasteiger partial charge on any atom is 0.168 e. The summed E-state index contributed by atoms with van der Waals surface area (Å²) in [5, 5.41) is 6.20. The minimum absolute atomic E-state index is 0.0475. The van der Waals surface area contributed by atoms with E-state index in [1.54, 1.807) is 10.9 Å². The smallest absolute Gasteiger partial charge is 0.168 e. The summed E-state index contributed by atoms with van der Waals surface area (Å²) in [5.74, 6) is 0.0475. The Balaban J connectivity index is 1.45. The highest BCUT2D eigenvalue weighted by Gasteiger charge is 2.11.